The van der Waals surface area contributed by atoms with Crippen LogP contribution >= 0.6 is 0 Å². The lowest BCUT2D eigenvalue weighted by atomic mass is 9.95. The Morgan fingerprint density at radius 2 is 1.78 bits per heavy atom. The Labute approximate surface area is 139 Å². The molecular formula is C21H25NO. The van der Waals surface area contributed by atoms with Crippen LogP contribution in [0.1, 0.15) is 55.2 Å². The summed E-state index contributed by atoms with van der Waals surface area (Å²) in [6.07, 6.45) is 1.70. The van der Waals surface area contributed by atoms with Gasteiger partial charge in [0.1, 0.15) is 5.75 Å². The molecular weight excluding hydrogens is 282 g/mol. The molecule has 0 aromatic heterocycles. The van der Waals surface area contributed by atoms with Gasteiger partial charge in [0.05, 0.1) is 18.6 Å². The zero-order valence-corrected chi connectivity index (χ0v) is 14.3. The van der Waals surface area contributed by atoms with Gasteiger partial charge >= 0.3 is 0 Å². The number of rotatable bonds is 7. The normalized spacial score (nSPS) is 12.0. The molecule has 0 N–H and O–H groups in total. The summed E-state index contributed by atoms with van der Waals surface area (Å²) < 4.78 is 5.84. The van der Waals surface area contributed by atoms with Gasteiger partial charge in [-0.25, -0.2) is 0 Å². The third-order valence-electron chi connectivity index (χ3n) is 4.07. The predicted molar refractivity (Wildman–Crippen MR) is 94.8 cm³/mol. The van der Waals surface area contributed by atoms with E-state index in [9.17, 15) is 5.26 Å². The SMILES string of the molecule is Cc1ccc(C(C#N)CCCOc2cccc(C(C)C)c2)cc1. The summed E-state index contributed by atoms with van der Waals surface area (Å²) in [7, 11) is 0. The van der Waals surface area contributed by atoms with Crippen molar-refractivity contribution in [1.82, 2.24) is 0 Å². The summed E-state index contributed by atoms with van der Waals surface area (Å²) in [6, 6.07) is 18.9. The summed E-state index contributed by atoms with van der Waals surface area (Å²) in [6.45, 7) is 7.06. The molecule has 0 aliphatic carbocycles. The molecule has 0 aliphatic heterocycles. The number of aryl methyl sites for hydroxylation is 1. The van der Waals surface area contributed by atoms with E-state index in [0.29, 0.717) is 12.5 Å². The third kappa shape index (κ3) is 5.14. The molecule has 0 saturated carbocycles. The molecule has 0 aliphatic rings. The molecule has 0 radical (unpaired) electrons. The summed E-state index contributed by atoms with van der Waals surface area (Å²) in [5.41, 5.74) is 3.61. The second kappa shape index (κ2) is 8.39. The highest BCUT2D eigenvalue weighted by molar-refractivity contribution is 5.30. The smallest absolute Gasteiger partial charge is 0.119 e. The molecule has 2 rings (SSSR count). The Morgan fingerprint density at radius 1 is 1.04 bits per heavy atom. The monoisotopic (exact) mass is 307 g/mol. The van der Waals surface area contributed by atoms with Gasteiger partial charge in [0.15, 0.2) is 0 Å². The quantitative estimate of drug-likeness (QED) is 0.625. The van der Waals surface area contributed by atoms with Crippen molar-refractivity contribution in [2.24, 2.45) is 0 Å². The highest BCUT2D eigenvalue weighted by atomic mass is 16.5. The van der Waals surface area contributed by atoms with Crippen molar-refractivity contribution in [2.75, 3.05) is 6.61 Å². The van der Waals surface area contributed by atoms with Gasteiger partial charge in [-0.1, -0.05) is 55.8 Å². The lowest BCUT2D eigenvalue weighted by molar-refractivity contribution is 0.304. The molecule has 0 saturated heterocycles. The van der Waals surface area contributed by atoms with E-state index in [1.807, 2.05) is 12.1 Å². The van der Waals surface area contributed by atoms with E-state index in [1.165, 1.54) is 11.1 Å². The van der Waals surface area contributed by atoms with Crippen LogP contribution in [0.2, 0.25) is 0 Å². The fourth-order valence-corrected chi connectivity index (χ4v) is 2.55. The first-order valence-corrected chi connectivity index (χ1v) is 8.29. The predicted octanol–water partition coefficient (Wildman–Crippen LogP) is 5.58. The van der Waals surface area contributed by atoms with Crippen LogP contribution in [-0.2, 0) is 0 Å². The minimum Gasteiger partial charge on any atom is -0.494 e. The van der Waals surface area contributed by atoms with Crippen LogP contribution < -0.4 is 4.74 Å². The van der Waals surface area contributed by atoms with Crippen molar-refractivity contribution >= 4 is 0 Å². The Hall–Kier alpha value is -2.27. The number of benzene rings is 2. The van der Waals surface area contributed by atoms with E-state index in [1.54, 1.807) is 0 Å². The molecule has 0 bridgehead atoms. The highest BCUT2D eigenvalue weighted by Gasteiger charge is 2.10. The standard InChI is InChI=1S/C21H25NO/c1-16(2)19-6-4-8-21(14-19)23-13-5-7-20(15-22)18-11-9-17(3)10-12-18/h4,6,8-12,14,16,20H,5,7,13H2,1-3H3. The van der Waals surface area contributed by atoms with Crippen LogP contribution in [0, 0.1) is 18.3 Å². The van der Waals surface area contributed by atoms with Crippen molar-refractivity contribution in [1.29, 1.82) is 5.26 Å². The van der Waals surface area contributed by atoms with Crippen molar-refractivity contribution in [3.8, 4) is 11.8 Å². The van der Waals surface area contributed by atoms with E-state index in [0.717, 1.165) is 24.2 Å². The molecule has 23 heavy (non-hydrogen) atoms. The minimum atomic E-state index is -0.0544. The number of hydrogen-bond acceptors (Lipinski definition) is 2. The average Bonchev–Trinajstić information content (AvgIpc) is 2.56. The number of nitriles is 1. The van der Waals surface area contributed by atoms with Gasteiger partial charge in [-0.15, -0.1) is 0 Å². The molecule has 2 nitrogen and oxygen atoms in total. The van der Waals surface area contributed by atoms with Gasteiger partial charge in [-0.2, -0.15) is 5.26 Å². The Kier molecular flexibility index (Phi) is 6.23. The molecule has 1 atom stereocenters. The maximum absolute atomic E-state index is 9.37. The van der Waals surface area contributed by atoms with E-state index in [-0.39, 0.29) is 5.92 Å². The van der Waals surface area contributed by atoms with Crippen molar-refractivity contribution in [2.45, 2.75) is 45.4 Å². The first-order valence-electron chi connectivity index (χ1n) is 8.29. The highest BCUT2D eigenvalue weighted by Crippen LogP contribution is 2.23. The Morgan fingerprint density at radius 3 is 2.43 bits per heavy atom. The lowest BCUT2D eigenvalue weighted by Crippen LogP contribution is -2.02. The van der Waals surface area contributed by atoms with Crippen LogP contribution in [0.4, 0.5) is 0 Å². The van der Waals surface area contributed by atoms with Crippen molar-refractivity contribution in [3.05, 3.63) is 65.2 Å². The maximum Gasteiger partial charge on any atom is 0.119 e. The molecule has 2 aromatic carbocycles. The Bertz CT molecular complexity index is 652. The van der Waals surface area contributed by atoms with Crippen LogP contribution in [0.5, 0.6) is 5.75 Å². The summed E-state index contributed by atoms with van der Waals surface area (Å²) in [4.78, 5) is 0. The topological polar surface area (TPSA) is 33.0 Å². The van der Waals surface area contributed by atoms with Gasteiger partial charge in [0, 0.05) is 0 Å². The van der Waals surface area contributed by atoms with Crippen molar-refractivity contribution < 1.29 is 4.74 Å². The molecule has 0 spiro atoms. The van der Waals surface area contributed by atoms with Crippen LogP contribution in [0.25, 0.3) is 0 Å². The number of ether oxygens (including phenoxy) is 1. The van der Waals surface area contributed by atoms with Crippen molar-refractivity contribution in [3.63, 3.8) is 0 Å². The average molecular weight is 307 g/mol. The van der Waals surface area contributed by atoms with Crippen LogP contribution in [-0.4, -0.2) is 6.61 Å². The molecule has 0 amide bonds. The maximum atomic E-state index is 9.37. The fourth-order valence-electron chi connectivity index (χ4n) is 2.55. The first kappa shape index (κ1) is 17.1. The van der Waals surface area contributed by atoms with Gasteiger partial charge in [0.2, 0.25) is 0 Å². The van der Waals surface area contributed by atoms with E-state index >= 15 is 0 Å². The van der Waals surface area contributed by atoms with E-state index in [2.05, 4.69) is 63.2 Å². The Balaban J connectivity index is 1.83. The van der Waals surface area contributed by atoms with E-state index < -0.39 is 0 Å². The molecule has 0 fully saturated rings. The first-order chi connectivity index (χ1) is 11.1. The molecule has 1 unspecified atom stereocenters. The molecule has 2 heteroatoms. The molecule has 120 valence electrons. The second-order valence-corrected chi connectivity index (χ2v) is 6.31. The van der Waals surface area contributed by atoms with Gasteiger partial charge < -0.3 is 4.74 Å². The fraction of sp³-hybridized carbons (Fsp3) is 0.381. The number of nitrogens with zero attached hydrogens (tertiary/aromatic N) is 1. The van der Waals surface area contributed by atoms with Crippen LogP contribution in [0.15, 0.2) is 48.5 Å². The summed E-state index contributed by atoms with van der Waals surface area (Å²) in [5.74, 6) is 1.37. The zero-order chi connectivity index (χ0) is 16.7. The second-order valence-electron chi connectivity index (χ2n) is 6.31. The number of hydrogen-bond donors (Lipinski definition) is 0. The third-order valence-corrected chi connectivity index (χ3v) is 4.07. The summed E-state index contributed by atoms with van der Waals surface area (Å²) >= 11 is 0. The van der Waals surface area contributed by atoms with Gasteiger partial charge in [0.25, 0.3) is 0 Å². The zero-order valence-electron chi connectivity index (χ0n) is 14.3. The van der Waals surface area contributed by atoms with E-state index in [4.69, 9.17) is 4.74 Å². The molecule has 2 aromatic rings. The van der Waals surface area contributed by atoms with Gasteiger partial charge in [-0.05, 0) is 48.9 Å². The molecule has 0 heterocycles. The lowest BCUT2D eigenvalue weighted by Gasteiger charge is -2.12. The minimum absolute atomic E-state index is 0.0544. The largest absolute Gasteiger partial charge is 0.494 e. The summed E-state index contributed by atoms with van der Waals surface area (Å²) in [5, 5.41) is 9.37. The van der Waals surface area contributed by atoms with Crippen LogP contribution in [0.3, 0.4) is 0 Å². The van der Waals surface area contributed by atoms with Gasteiger partial charge in [-0.3, -0.25) is 0 Å².